The summed E-state index contributed by atoms with van der Waals surface area (Å²) in [7, 11) is 0. The number of aryl methyl sites for hydroxylation is 1. The molecule has 16 heavy (non-hydrogen) atoms. The van der Waals surface area contributed by atoms with E-state index in [1.807, 2.05) is 19.1 Å². The summed E-state index contributed by atoms with van der Waals surface area (Å²) in [4.78, 5) is 4.51. The van der Waals surface area contributed by atoms with Crippen LogP contribution in [0.3, 0.4) is 0 Å². The smallest absolute Gasteiger partial charge is 0.126 e. The van der Waals surface area contributed by atoms with Crippen LogP contribution in [0.4, 0.5) is 5.82 Å². The van der Waals surface area contributed by atoms with Crippen molar-refractivity contribution >= 4 is 28.3 Å². The third kappa shape index (κ3) is 2.27. The van der Waals surface area contributed by atoms with Gasteiger partial charge in [-0.1, -0.05) is 18.5 Å². The topological polar surface area (TPSA) is 24.9 Å². The Labute approximate surface area is 101 Å². The molecule has 0 fully saturated rings. The zero-order chi connectivity index (χ0) is 11.5. The number of aromatic nitrogens is 1. The molecule has 0 spiro atoms. The van der Waals surface area contributed by atoms with Gasteiger partial charge in [-0.25, -0.2) is 4.98 Å². The van der Waals surface area contributed by atoms with Gasteiger partial charge in [0, 0.05) is 11.9 Å². The van der Waals surface area contributed by atoms with E-state index >= 15 is 0 Å². The lowest BCUT2D eigenvalue weighted by atomic mass is 10.1. The molecule has 0 unspecified atom stereocenters. The molecule has 0 saturated carbocycles. The van der Waals surface area contributed by atoms with E-state index in [2.05, 4.69) is 29.4 Å². The molecule has 0 atom stereocenters. The average molecular weight is 235 g/mol. The molecule has 0 aliphatic rings. The summed E-state index contributed by atoms with van der Waals surface area (Å²) in [6.07, 6.45) is 1.08. The highest BCUT2D eigenvalue weighted by Crippen LogP contribution is 2.24. The lowest BCUT2D eigenvalue weighted by Gasteiger charge is -2.07. The average Bonchev–Trinajstić information content (AvgIpc) is 2.26. The Morgan fingerprint density at radius 3 is 2.88 bits per heavy atom. The Hall–Kier alpha value is -1.28. The van der Waals surface area contributed by atoms with Crippen LogP contribution in [0.5, 0.6) is 0 Å². The standard InChI is InChI=1S/C13H15ClN2/c1-3-6-15-12-5-4-10-7-9(2)8-11(14)13(10)16-12/h4-5,7-8H,3,6H2,1-2H3,(H,15,16). The molecule has 0 amide bonds. The van der Waals surface area contributed by atoms with Gasteiger partial charge in [0.15, 0.2) is 0 Å². The molecule has 2 aromatic rings. The highest BCUT2D eigenvalue weighted by Gasteiger charge is 2.03. The van der Waals surface area contributed by atoms with Crippen molar-refractivity contribution in [3.8, 4) is 0 Å². The van der Waals surface area contributed by atoms with E-state index in [9.17, 15) is 0 Å². The van der Waals surface area contributed by atoms with Crippen LogP contribution in [-0.4, -0.2) is 11.5 Å². The predicted molar refractivity (Wildman–Crippen MR) is 70.3 cm³/mol. The number of pyridine rings is 1. The van der Waals surface area contributed by atoms with Crippen LogP contribution in [0.15, 0.2) is 24.3 Å². The second-order valence-electron chi connectivity index (χ2n) is 3.94. The first-order valence-electron chi connectivity index (χ1n) is 5.51. The minimum Gasteiger partial charge on any atom is -0.370 e. The summed E-state index contributed by atoms with van der Waals surface area (Å²) >= 11 is 6.18. The molecule has 0 bridgehead atoms. The monoisotopic (exact) mass is 234 g/mol. The fraction of sp³-hybridized carbons (Fsp3) is 0.308. The molecule has 1 heterocycles. The van der Waals surface area contributed by atoms with Crippen LogP contribution in [0.2, 0.25) is 5.02 Å². The molecule has 0 aliphatic carbocycles. The van der Waals surface area contributed by atoms with Gasteiger partial charge in [-0.3, -0.25) is 0 Å². The van der Waals surface area contributed by atoms with Gasteiger partial charge in [-0.2, -0.15) is 0 Å². The van der Waals surface area contributed by atoms with E-state index in [1.54, 1.807) is 0 Å². The molecule has 0 radical (unpaired) electrons. The largest absolute Gasteiger partial charge is 0.370 e. The number of halogens is 1. The van der Waals surface area contributed by atoms with Gasteiger partial charge in [-0.05, 0) is 43.2 Å². The van der Waals surface area contributed by atoms with Crippen molar-refractivity contribution in [3.63, 3.8) is 0 Å². The van der Waals surface area contributed by atoms with Crippen molar-refractivity contribution in [2.45, 2.75) is 20.3 Å². The van der Waals surface area contributed by atoms with Crippen LogP contribution in [-0.2, 0) is 0 Å². The molecule has 1 N–H and O–H groups in total. The molecular weight excluding hydrogens is 220 g/mol. The molecule has 3 heteroatoms. The van der Waals surface area contributed by atoms with Crippen LogP contribution in [0, 0.1) is 6.92 Å². The first-order chi connectivity index (χ1) is 7.70. The van der Waals surface area contributed by atoms with Gasteiger partial charge in [0.1, 0.15) is 5.82 Å². The SMILES string of the molecule is CCCNc1ccc2cc(C)cc(Cl)c2n1. The number of rotatable bonds is 3. The number of hydrogen-bond donors (Lipinski definition) is 1. The van der Waals surface area contributed by atoms with E-state index in [1.165, 1.54) is 0 Å². The molecule has 84 valence electrons. The Morgan fingerprint density at radius 1 is 1.31 bits per heavy atom. The minimum atomic E-state index is 0.718. The highest BCUT2D eigenvalue weighted by molar-refractivity contribution is 6.35. The molecule has 2 rings (SSSR count). The van der Waals surface area contributed by atoms with E-state index in [4.69, 9.17) is 11.6 Å². The van der Waals surface area contributed by atoms with Crippen LogP contribution >= 0.6 is 11.6 Å². The van der Waals surface area contributed by atoms with E-state index in [0.29, 0.717) is 0 Å². The van der Waals surface area contributed by atoms with Gasteiger partial charge in [0.25, 0.3) is 0 Å². The van der Waals surface area contributed by atoms with E-state index < -0.39 is 0 Å². The van der Waals surface area contributed by atoms with Crippen molar-refractivity contribution in [1.82, 2.24) is 4.98 Å². The maximum atomic E-state index is 6.18. The Kier molecular flexibility index (Phi) is 3.30. The van der Waals surface area contributed by atoms with E-state index in [-0.39, 0.29) is 0 Å². The molecular formula is C13H15ClN2. The second kappa shape index (κ2) is 4.71. The zero-order valence-corrected chi connectivity index (χ0v) is 10.3. The fourth-order valence-corrected chi connectivity index (χ4v) is 2.01. The van der Waals surface area contributed by atoms with Gasteiger partial charge in [-0.15, -0.1) is 0 Å². The zero-order valence-electron chi connectivity index (χ0n) is 9.55. The summed E-state index contributed by atoms with van der Waals surface area (Å²) in [6, 6.07) is 8.09. The molecule has 0 aliphatic heterocycles. The Balaban J connectivity index is 2.45. The maximum Gasteiger partial charge on any atom is 0.126 e. The molecule has 1 aromatic carbocycles. The first kappa shape index (κ1) is 11.2. The van der Waals surface area contributed by atoms with Gasteiger partial charge < -0.3 is 5.32 Å². The first-order valence-corrected chi connectivity index (χ1v) is 5.89. The maximum absolute atomic E-state index is 6.18. The van der Waals surface area contributed by atoms with E-state index in [0.717, 1.165) is 40.3 Å². The quantitative estimate of drug-likeness (QED) is 0.868. The van der Waals surface area contributed by atoms with Crippen LogP contribution < -0.4 is 5.32 Å². The summed E-state index contributed by atoms with van der Waals surface area (Å²) < 4.78 is 0. The summed E-state index contributed by atoms with van der Waals surface area (Å²) in [6.45, 7) is 5.10. The van der Waals surface area contributed by atoms with Crippen molar-refractivity contribution in [2.75, 3.05) is 11.9 Å². The highest BCUT2D eigenvalue weighted by atomic mass is 35.5. The van der Waals surface area contributed by atoms with Gasteiger partial charge in [0.2, 0.25) is 0 Å². The number of benzene rings is 1. The van der Waals surface area contributed by atoms with Crippen molar-refractivity contribution in [2.24, 2.45) is 0 Å². The number of hydrogen-bond acceptors (Lipinski definition) is 2. The summed E-state index contributed by atoms with van der Waals surface area (Å²) in [5.41, 5.74) is 2.03. The number of nitrogens with one attached hydrogen (secondary N) is 1. The fourth-order valence-electron chi connectivity index (χ4n) is 1.68. The lowest BCUT2D eigenvalue weighted by Crippen LogP contribution is -2.01. The van der Waals surface area contributed by atoms with Gasteiger partial charge >= 0.3 is 0 Å². The van der Waals surface area contributed by atoms with Gasteiger partial charge in [0.05, 0.1) is 10.5 Å². The number of fused-ring (bicyclic) bond motifs is 1. The minimum absolute atomic E-state index is 0.718. The van der Waals surface area contributed by atoms with Crippen LogP contribution in [0.1, 0.15) is 18.9 Å². The predicted octanol–water partition coefficient (Wildman–Crippen LogP) is 4.02. The van der Waals surface area contributed by atoms with Crippen molar-refractivity contribution in [3.05, 3.63) is 34.9 Å². The Morgan fingerprint density at radius 2 is 2.12 bits per heavy atom. The molecule has 2 nitrogen and oxygen atoms in total. The van der Waals surface area contributed by atoms with Crippen molar-refractivity contribution < 1.29 is 0 Å². The summed E-state index contributed by atoms with van der Waals surface area (Å²) in [5.74, 6) is 0.889. The molecule has 0 saturated heterocycles. The normalized spacial score (nSPS) is 10.7. The Bertz CT molecular complexity index is 509. The summed E-state index contributed by atoms with van der Waals surface area (Å²) in [5, 5.41) is 5.07. The third-order valence-electron chi connectivity index (χ3n) is 2.45. The number of anilines is 1. The van der Waals surface area contributed by atoms with Crippen molar-refractivity contribution in [1.29, 1.82) is 0 Å². The third-order valence-corrected chi connectivity index (χ3v) is 2.73. The number of nitrogens with zero attached hydrogens (tertiary/aromatic N) is 1. The van der Waals surface area contributed by atoms with Crippen LogP contribution in [0.25, 0.3) is 10.9 Å². The lowest BCUT2D eigenvalue weighted by molar-refractivity contribution is 0.972. The molecule has 1 aromatic heterocycles. The second-order valence-corrected chi connectivity index (χ2v) is 4.35.